The third-order valence-corrected chi connectivity index (χ3v) is 9.67. The van der Waals surface area contributed by atoms with Crippen LogP contribution >= 0.6 is 0 Å². The largest absolute Gasteiger partial charge is 0.455 e. The van der Waals surface area contributed by atoms with Gasteiger partial charge in [0.2, 0.25) is 11.6 Å². The summed E-state index contributed by atoms with van der Waals surface area (Å²) < 4.78 is 275. The molecule has 310 valence electrons. The Labute approximate surface area is 326 Å². The van der Waals surface area contributed by atoms with Crippen LogP contribution in [-0.2, 0) is 0 Å². The van der Waals surface area contributed by atoms with Gasteiger partial charge in [0.05, 0.1) is 33.4 Å². The van der Waals surface area contributed by atoms with Gasteiger partial charge < -0.3 is 4.42 Å². The fraction of sp³-hybridized carbons (Fsp3) is 0. The topological polar surface area (TPSA) is 13.1 Å². The summed E-state index contributed by atoms with van der Waals surface area (Å²) in [6.07, 6.45) is 0. The van der Waals surface area contributed by atoms with Crippen LogP contribution in [0.2, 0.25) is 0 Å². The summed E-state index contributed by atoms with van der Waals surface area (Å²) in [6, 6.07) is 11.7. The molecule has 0 spiro atoms. The van der Waals surface area contributed by atoms with E-state index in [0.29, 0.717) is 22.9 Å². The van der Waals surface area contributed by atoms with Crippen LogP contribution < -0.4 is 0 Å². The molecule has 19 heteroatoms. The minimum atomic E-state index is -2.86. The third kappa shape index (κ3) is 5.83. The van der Waals surface area contributed by atoms with E-state index in [1.807, 2.05) is 0 Å². The lowest BCUT2D eigenvalue weighted by atomic mass is 9.89. The molecular formula is C42H10F18O. The Morgan fingerprint density at radius 3 is 0.951 bits per heavy atom. The van der Waals surface area contributed by atoms with Crippen LogP contribution in [-0.4, -0.2) is 0 Å². The lowest BCUT2D eigenvalue weighted by Crippen LogP contribution is -2.10. The molecule has 1 heterocycles. The lowest BCUT2D eigenvalue weighted by Gasteiger charge is -2.18. The third-order valence-electron chi connectivity index (χ3n) is 9.67. The Bertz CT molecular complexity index is 2970. The van der Waals surface area contributed by atoms with Gasteiger partial charge in [0.1, 0.15) is 11.2 Å². The SMILES string of the molecule is Fc1c(F)c(F)c(-c2c(F)c(F)c(-c3cc(-c4c(F)c(F)c(-c5c(F)c(F)c(F)c(F)c5F)c(F)c4F)cc(-c4cccc5c4oc4ccccc45)c3)c(F)c2F)c(F)c1F. The maximum Gasteiger partial charge on any atom is 0.200 e. The van der Waals surface area contributed by atoms with Crippen molar-refractivity contribution in [2.45, 2.75) is 0 Å². The van der Waals surface area contributed by atoms with Crippen LogP contribution in [0.4, 0.5) is 79.0 Å². The van der Waals surface area contributed by atoms with E-state index in [4.69, 9.17) is 4.42 Å². The first-order valence-corrected chi connectivity index (χ1v) is 16.6. The van der Waals surface area contributed by atoms with E-state index in [1.165, 1.54) is 24.3 Å². The standard InChI is InChI=1S/C42H10F18O/c43-24-18(25(44)29(48)20(28(24)47)22-32(51)36(55)40(59)37(56)33(22)52)12-8-11(14-5-3-6-16-15-4-1-2-7-17(15)61-42(14)16)9-13(10-12)19-26(45)30(49)21(31(50)27(19)46)23-34(53)38(57)41(60)39(58)35(23)54/h1-10H. The molecule has 0 saturated carbocycles. The average Bonchev–Trinajstić information content (AvgIpc) is 3.63. The van der Waals surface area contributed by atoms with Crippen LogP contribution in [0.25, 0.3) is 77.6 Å². The van der Waals surface area contributed by atoms with Gasteiger partial charge in [-0.15, -0.1) is 0 Å². The number of hydrogen-bond donors (Lipinski definition) is 0. The normalized spacial score (nSPS) is 11.8. The highest BCUT2D eigenvalue weighted by Crippen LogP contribution is 2.46. The van der Waals surface area contributed by atoms with E-state index in [0.717, 1.165) is 0 Å². The smallest absolute Gasteiger partial charge is 0.200 e. The molecule has 1 aromatic heterocycles. The summed E-state index contributed by atoms with van der Waals surface area (Å²) in [5.74, 6) is -50.1. The quantitative estimate of drug-likeness (QED) is 0.0954. The Morgan fingerprint density at radius 1 is 0.262 bits per heavy atom. The molecule has 0 aliphatic carbocycles. The molecule has 0 radical (unpaired) electrons. The van der Waals surface area contributed by atoms with Crippen LogP contribution in [0.15, 0.2) is 65.1 Å². The maximum absolute atomic E-state index is 16.0. The second-order valence-electron chi connectivity index (χ2n) is 13.0. The molecule has 8 aromatic rings. The summed E-state index contributed by atoms with van der Waals surface area (Å²) in [5, 5.41) is 0.730. The number of benzene rings is 7. The van der Waals surface area contributed by atoms with Crippen molar-refractivity contribution in [3.8, 4) is 55.6 Å². The van der Waals surface area contributed by atoms with E-state index in [1.54, 1.807) is 18.2 Å². The van der Waals surface area contributed by atoms with Crippen LogP contribution in [0.3, 0.4) is 0 Å². The Balaban J connectivity index is 1.45. The molecule has 0 atom stereocenters. The number of halogens is 18. The van der Waals surface area contributed by atoms with Gasteiger partial charge in [-0.3, -0.25) is 0 Å². The summed E-state index contributed by atoms with van der Waals surface area (Å²) in [7, 11) is 0. The van der Waals surface area contributed by atoms with Gasteiger partial charge in [-0.25, -0.2) is 79.0 Å². The molecule has 8 rings (SSSR count). The Morgan fingerprint density at radius 2 is 0.557 bits per heavy atom. The van der Waals surface area contributed by atoms with Gasteiger partial charge in [-0.1, -0.05) is 36.4 Å². The molecule has 61 heavy (non-hydrogen) atoms. The molecule has 1 nitrogen and oxygen atoms in total. The minimum absolute atomic E-state index is 0.105. The van der Waals surface area contributed by atoms with Crippen molar-refractivity contribution in [2.24, 2.45) is 0 Å². The summed E-state index contributed by atoms with van der Waals surface area (Å²) in [4.78, 5) is 0. The van der Waals surface area contributed by atoms with Crippen molar-refractivity contribution in [1.82, 2.24) is 0 Å². The van der Waals surface area contributed by atoms with Gasteiger partial charge in [-0.2, -0.15) is 0 Å². The average molecular weight is 873 g/mol. The number of para-hydroxylation sites is 2. The summed E-state index contributed by atoms with van der Waals surface area (Å²) >= 11 is 0. The minimum Gasteiger partial charge on any atom is -0.455 e. The van der Waals surface area contributed by atoms with Crippen molar-refractivity contribution in [1.29, 1.82) is 0 Å². The number of hydrogen-bond acceptors (Lipinski definition) is 1. The highest BCUT2D eigenvalue weighted by Gasteiger charge is 2.37. The van der Waals surface area contributed by atoms with Crippen LogP contribution in [0, 0.1) is 105 Å². The first-order valence-electron chi connectivity index (χ1n) is 16.6. The van der Waals surface area contributed by atoms with E-state index < -0.39 is 155 Å². The summed E-state index contributed by atoms with van der Waals surface area (Å²) in [6.45, 7) is 0. The van der Waals surface area contributed by atoms with Gasteiger partial charge in [0, 0.05) is 16.3 Å². The maximum atomic E-state index is 16.0. The molecule has 0 saturated heterocycles. The van der Waals surface area contributed by atoms with E-state index >= 15 is 35.1 Å². The van der Waals surface area contributed by atoms with Crippen molar-refractivity contribution in [3.05, 3.63) is 165 Å². The van der Waals surface area contributed by atoms with E-state index in [9.17, 15) is 43.9 Å². The van der Waals surface area contributed by atoms with Gasteiger partial charge >= 0.3 is 0 Å². The van der Waals surface area contributed by atoms with Crippen LogP contribution in [0.1, 0.15) is 0 Å². The van der Waals surface area contributed by atoms with Crippen molar-refractivity contribution in [3.63, 3.8) is 0 Å². The molecule has 7 aromatic carbocycles. The Kier molecular flexibility index (Phi) is 9.62. The predicted octanol–water partition coefficient (Wildman–Crippen LogP) is 14.4. The summed E-state index contributed by atoms with van der Waals surface area (Å²) in [5.41, 5.74) is -16.7. The molecule has 0 amide bonds. The molecule has 0 aliphatic heterocycles. The molecule has 0 bridgehead atoms. The molecular weight excluding hydrogens is 862 g/mol. The molecule has 0 aliphatic rings. The number of rotatable bonds is 5. The fourth-order valence-corrected chi connectivity index (χ4v) is 6.90. The van der Waals surface area contributed by atoms with Crippen molar-refractivity contribution >= 4 is 21.9 Å². The zero-order valence-corrected chi connectivity index (χ0v) is 29.0. The highest BCUT2D eigenvalue weighted by molar-refractivity contribution is 6.10. The van der Waals surface area contributed by atoms with Gasteiger partial charge in [0.25, 0.3) is 0 Å². The molecule has 0 fully saturated rings. The van der Waals surface area contributed by atoms with Gasteiger partial charge in [-0.05, 0) is 41.0 Å². The first kappa shape index (κ1) is 40.8. The predicted molar refractivity (Wildman–Crippen MR) is 180 cm³/mol. The fourth-order valence-electron chi connectivity index (χ4n) is 6.90. The van der Waals surface area contributed by atoms with E-state index in [2.05, 4.69) is 0 Å². The molecule has 0 unspecified atom stereocenters. The van der Waals surface area contributed by atoms with Crippen LogP contribution in [0.5, 0.6) is 0 Å². The molecule has 0 N–H and O–H groups in total. The van der Waals surface area contributed by atoms with E-state index in [-0.39, 0.29) is 22.8 Å². The second-order valence-corrected chi connectivity index (χ2v) is 13.0. The monoisotopic (exact) mass is 872 g/mol. The zero-order valence-electron chi connectivity index (χ0n) is 29.0. The Hall–Kier alpha value is -6.92. The zero-order chi connectivity index (χ0) is 44.3. The first-order chi connectivity index (χ1) is 28.8. The highest BCUT2D eigenvalue weighted by atomic mass is 19.2. The van der Waals surface area contributed by atoms with Gasteiger partial charge in [0.15, 0.2) is 93.1 Å². The lowest BCUT2D eigenvalue weighted by molar-refractivity contribution is 0.379. The number of fused-ring (bicyclic) bond motifs is 3. The second kappa shape index (κ2) is 14.4. The van der Waals surface area contributed by atoms with Crippen molar-refractivity contribution < 1.29 is 83.4 Å². The number of furan rings is 1. The van der Waals surface area contributed by atoms with Crippen molar-refractivity contribution in [2.75, 3.05) is 0 Å².